The lowest BCUT2D eigenvalue weighted by Gasteiger charge is -2.37. The van der Waals surface area contributed by atoms with Gasteiger partial charge in [0.15, 0.2) is 11.6 Å². The fraction of sp³-hybridized carbons (Fsp3) is 0.600. The maximum absolute atomic E-state index is 13.4. The van der Waals surface area contributed by atoms with Crippen molar-refractivity contribution in [2.24, 2.45) is 5.92 Å². The summed E-state index contributed by atoms with van der Waals surface area (Å²) in [7, 11) is -3.49. The number of hydrogen-bond donors (Lipinski definition) is 2. The summed E-state index contributed by atoms with van der Waals surface area (Å²) >= 11 is 0. The maximum Gasteiger partial charge on any atom is 0.215 e. The van der Waals surface area contributed by atoms with Crippen molar-refractivity contribution in [1.82, 2.24) is 4.72 Å². The predicted octanol–water partition coefficient (Wildman–Crippen LogP) is 1.67. The van der Waals surface area contributed by atoms with Gasteiger partial charge in [-0.1, -0.05) is 19.1 Å². The number of ether oxygens (including phenoxy) is 1. The van der Waals surface area contributed by atoms with Gasteiger partial charge in [0, 0.05) is 6.04 Å². The summed E-state index contributed by atoms with van der Waals surface area (Å²) in [5.41, 5.74) is 0. The van der Waals surface area contributed by atoms with Crippen molar-refractivity contribution >= 4 is 10.0 Å². The molecular weight excluding hydrogens is 309 g/mol. The molecule has 0 spiro atoms. The Hall–Kier alpha value is -1.18. The van der Waals surface area contributed by atoms with Gasteiger partial charge in [-0.15, -0.1) is 0 Å². The molecule has 0 saturated heterocycles. The van der Waals surface area contributed by atoms with E-state index in [0.29, 0.717) is 19.3 Å². The molecule has 22 heavy (non-hydrogen) atoms. The van der Waals surface area contributed by atoms with Gasteiger partial charge in [0.25, 0.3) is 0 Å². The number of hydrogen-bond acceptors (Lipinski definition) is 4. The second-order valence-corrected chi connectivity index (χ2v) is 7.49. The average Bonchev–Trinajstić information content (AvgIpc) is 2.44. The van der Waals surface area contributed by atoms with Crippen LogP contribution in [0.15, 0.2) is 24.3 Å². The summed E-state index contributed by atoms with van der Waals surface area (Å²) in [4.78, 5) is 0. The van der Waals surface area contributed by atoms with Crippen LogP contribution in [0, 0.1) is 11.7 Å². The highest BCUT2D eigenvalue weighted by Gasteiger charge is 2.34. The Balaban J connectivity index is 1.82. The second-order valence-electron chi connectivity index (χ2n) is 5.62. The Kier molecular flexibility index (Phi) is 5.77. The van der Waals surface area contributed by atoms with E-state index in [9.17, 15) is 17.9 Å². The molecule has 0 amide bonds. The molecule has 1 aromatic rings. The van der Waals surface area contributed by atoms with Crippen LogP contribution in [-0.4, -0.2) is 38.0 Å². The minimum Gasteiger partial charge on any atom is -0.489 e. The van der Waals surface area contributed by atoms with E-state index >= 15 is 0 Å². The van der Waals surface area contributed by atoms with E-state index in [4.69, 9.17) is 4.74 Å². The van der Waals surface area contributed by atoms with Crippen LogP contribution in [0.3, 0.4) is 0 Å². The summed E-state index contributed by atoms with van der Waals surface area (Å²) < 4.78 is 45.3. The van der Waals surface area contributed by atoms with Crippen molar-refractivity contribution in [2.45, 2.75) is 38.3 Å². The third kappa shape index (κ3) is 4.66. The Bertz CT molecular complexity index is 587. The first-order chi connectivity index (χ1) is 10.4. The number of aliphatic hydroxyl groups excluding tert-OH is 1. The third-order valence-corrected chi connectivity index (χ3v) is 5.30. The largest absolute Gasteiger partial charge is 0.489 e. The highest BCUT2D eigenvalue weighted by atomic mass is 32.2. The number of benzene rings is 1. The van der Waals surface area contributed by atoms with E-state index in [2.05, 4.69) is 4.72 Å². The Morgan fingerprint density at radius 1 is 1.41 bits per heavy atom. The normalized spacial score (nSPS) is 22.9. The van der Waals surface area contributed by atoms with Crippen LogP contribution in [0.4, 0.5) is 4.39 Å². The van der Waals surface area contributed by atoms with Crippen LogP contribution in [0.5, 0.6) is 5.75 Å². The van der Waals surface area contributed by atoms with Gasteiger partial charge in [0.2, 0.25) is 10.0 Å². The molecule has 1 aliphatic carbocycles. The zero-order valence-corrected chi connectivity index (χ0v) is 13.4. The van der Waals surface area contributed by atoms with Crippen LogP contribution in [0.2, 0.25) is 0 Å². The van der Waals surface area contributed by atoms with Crippen molar-refractivity contribution in [3.05, 3.63) is 30.1 Å². The number of rotatable bonds is 8. The summed E-state index contributed by atoms with van der Waals surface area (Å²) in [5, 5.41) is 9.32. The molecule has 0 bridgehead atoms. The number of sulfonamides is 1. The topological polar surface area (TPSA) is 75.6 Å². The summed E-state index contributed by atoms with van der Waals surface area (Å²) in [6.45, 7) is 1.80. The molecule has 2 rings (SSSR count). The molecule has 0 radical (unpaired) electrons. The van der Waals surface area contributed by atoms with Crippen molar-refractivity contribution in [1.29, 1.82) is 0 Å². The van der Waals surface area contributed by atoms with Crippen LogP contribution in [-0.2, 0) is 10.0 Å². The summed E-state index contributed by atoms with van der Waals surface area (Å²) in [6, 6.07) is 5.72. The van der Waals surface area contributed by atoms with Crippen LogP contribution < -0.4 is 9.46 Å². The molecule has 1 atom stereocenters. The van der Waals surface area contributed by atoms with Crippen LogP contribution >= 0.6 is 0 Å². The van der Waals surface area contributed by atoms with Gasteiger partial charge < -0.3 is 9.84 Å². The van der Waals surface area contributed by atoms with Crippen LogP contribution in [0.25, 0.3) is 0 Å². The number of para-hydroxylation sites is 1. The molecular formula is C15H22FNO4S. The molecule has 2 N–H and O–H groups in total. The molecule has 0 heterocycles. The Morgan fingerprint density at radius 2 is 2.09 bits per heavy atom. The van der Waals surface area contributed by atoms with Crippen molar-refractivity contribution in [2.75, 3.05) is 12.4 Å². The summed E-state index contributed by atoms with van der Waals surface area (Å²) in [5.74, 6) is -0.510. The molecule has 1 fully saturated rings. The first-order valence-electron chi connectivity index (χ1n) is 7.46. The van der Waals surface area contributed by atoms with E-state index in [1.165, 1.54) is 12.1 Å². The standard InChI is InChI=1S/C15H22FNO4S/c1-2-14(11-9-12(18)10-11)17-22(19,20)8-7-21-15-6-4-3-5-13(15)16/h3-6,11-12,14,17-18H,2,7-10H2,1H3/t11?,12?,14-/m0/s1. The molecule has 1 saturated carbocycles. The SMILES string of the molecule is CC[C@H](NS(=O)(=O)CCOc1ccccc1F)C1CC(O)C1. The fourth-order valence-electron chi connectivity index (χ4n) is 2.58. The zero-order chi connectivity index (χ0) is 16.2. The first-order valence-corrected chi connectivity index (χ1v) is 9.12. The summed E-state index contributed by atoms with van der Waals surface area (Å²) in [6.07, 6.45) is 1.62. The lowest BCUT2D eigenvalue weighted by molar-refractivity contribution is 0.0277. The lowest BCUT2D eigenvalue weighted by atomic mass is 9.77. The van der Waals surface area contributed by atoms with Gasteiger partial charge in [0.1, 0.15) is 6.61 Å². The van der Waals surface area contributed by atoms with Crippen molar-refractivity contribution < 1.29 is 22.7 Å². The second kappa shape index (κ2) is 7.39. The monoisotopic (exact) mass is 331 g/mol. The zero-order valence-electron chi connectivity index (χ0n) is 12.5. The smallest absolute Gasteiger partial charge is 0.215 e. The third-order valence-electron chi connectivity index (χ3n) is 3.94. The molecule has 7 heteroatoms. The van der Waals surface area contributed by atoms with E-state index in [0.717, 1.165) is 0 Å². The molecule has 1 aromatic carbocycles. The highest BCUT2D eigenvalue weighted by Crippen LogP contribution is 2.31. The molecule has 0 aliphatic heterocycles. The average molecular weight is 331 g/mol. The van der Waals surface area contributed by atoms with Gasteiger partial charge in [-0.3, -0.25) is 0 Å². The van der Waals surface area contributed by atoms with E-state index < -0.39 is 15.8 Å². The number of nitrogens with one attached hydrogen (secondary N) is 1. The van der Waals surface area contributed by atoms with Crippen molar-refractivity contribution in [3.8, 4) is 5.75 Å². The van der Waals surface area contributed by atoms with E-state index in [-0.39, 0.29) is 36.2 Å². The van der Waals surface area contributed by atoms with Gasteiger partial charge in [0.05, 0.1) is 11.9 Å². The Labute approximate surface area is 130 Å². The maximum atomic E-state index is 13.4. The minimum atomic E-state index is -3.49. The van der Waals surface area contributed by atoms with E-state index in [1.54, 1.807) is 12.1 Å². The molecule has 1 aliphatic rings. The van der Waals surface area contributed by atoms with Gasteiger partial charge in [-0.25, -0.2) is 17.5 Å². The molecule has 0 aromatic heterocycles. The van der Waals surface area contributed by atoms with Gasteiger partial charge >= 0.3 is 0 Å². The van der Waals surface area contributed by atoms with Crippen molar-refractivity contribution in [3.63, 3.8) is 0 Å². The van der Waals surface area contributed by atoms with Crippen LogP contribution in [0.1, 0.15) is 26.2 Å². The minimum absolute atomic E-state index is 0.0480. The molecule has 5 nitrogen and oxygen atoms in total. The molecule has 0 unspecified atom stereocenters. The fourth-order valence-corrected chi connectivity index (χ4v) is 3.82. The lowest BCUT2D eigenvalue weighted by Crippen LogP contribution is -2.47. The van der Waals surface area contributed by atoms with E-state index in [1.807, 2.05) is 6.92 Å². The number of halogens is 1. The Morgan fingerprint density at radius 3 is 2.68 bits per heavy atom. The number of aliphatic hydroxyl groups is 1. The first kappa shape index (κ1) is 17.2. The van der Waals surface area contributed by atoms with Gasteiger partial charge in [-0.2, -0.15) is 0 Å². The molecule has 124 valence electrons. The predicted molar refractivity (Wildman–Crippen MR) is 81.6 cm³/mol. The quantitative estimate of drug-likeness (QED) is 0.760. The highest BCUT2D eigenvalue weighted by molar-refractivity contribution is 7.89. The van der Waals surface area contributed by atoms with Gasteiger partial charge in [-0.05, 0) is 37.3 Å².